The molecule has 0 saturated heterocycles. The molecule has 2 amide bonds. The Kier molecular flexibility index (Phi) is 11.8. The van der Waals surface area contributed by atoms with Gasteiger partial charge in [0, 0.05) is 31.5 Å². The summed E-state index contributed by atoms with van der Waals surface area (Å²) in [6, 6.07) is 23.7. The van der Waals surface area contributed by atoms with Gasteiger partial charge >= 0.3 is 0 Å². The normalized spacial score (nSPS) is 12.3. The molecule has 0 fully saturated rings. The summed E-state index contributed by atoms with van der Waals surface area (Å²) in [5.74, 6) is 0.204. The molecule has 3 rings (SSSR count). The zero-order chi connectivity index (χ0) is 31.6. The summed E-state index contributed by atoms with van der Waals surface area (Å²) in [6.07, 6.45) is 1.86. The van der Waals surface area contributed by atoms with Crippen molar-refractivity contribution in [3.8, 4) is 5.75 Å². The third kappa shape index (κ3) is 10.7. The molecule has 1 unspecified atom stereocenters. The number of nitrogens with one attached hydrogen (secondary N) is 1. The monoisotopic (exact) mass is 607 g/mol. The van der Waals surface area contributed by atoms with Crippen molar-refractivity contribution in [2.24, 2.45) is 0 Å². The summed E-state index contributed by atoms with van der Waals surface area (Å²) in [5, 5.41) is 3.07. The van der Waals surface area contributed by atoms with Gasteiger partial charge in [0.25, 0.3) is 0 Å². The molecule has 0 spiro atoms. The zero-order valence-electron chi connectivity index (χ0n) is 26.2. The molecule has 0 aromatic heterocycles. The predicted octanol–water partition coefficient (Wildman–Crippen LogP) is 5.49. The van der Waals surface area contributed by atoms with E-state index in [9.17, 15) is 18.0 Å². The zero-order valence-corrected chi connectivity index (χ0v) is 27.0. The van der Waals surface area contributed by atoms with Crippen molar-refractivity contribution in [1.82, 2.24) is 10.2 Å². The second-order valence-corrected chi connectivity index (χ2v) is 13.7. The lowest BCUT2D eigenvalue weighted by Crippen LogP contribution is -2.54. The first-order valence-electron chi connectivity index (χ1n) is 14.7. The van der Waals surface area contributed by atoms with Gasteiger partial charge in [0.15, 0.2) is 0 Å². The fourth-order valence-corrected chi connectivity index (χ4v) is 5.86. The second kappa shape index (κ2) is 15.0. The molecule has 0 aliphatic rings. The number of hydrogen-bond donors (Lipinski definition) is 1. The topological polar surface area (TPSA) is 96.0 Å². The Morgan fingerprint density at radius 2 is 1.58 bits per heavy atom. The van der Waals surface area contributed by atoms with Gasteiger partial charge in [-0.3, -0.25) is 13.9 Å². The van der Waals surface area contributed by atoms with Gasteiger partial charge < -0.3 is 15.0 Å². The second-order valence-electron chi connectivity index (χ2n) is 11.8. The van der Waals surface area contributed by atoms with Gasteiger partial charge in [-0.05, 0) is 76.4 Å². The third-order valence-corrected chi connectivity index (χ3v) is 7.99. The Balaban J connectivity index is 1.88. The van der Waals surface area contributed by atoms with Gasteiger partial charge in [0.2, 0.25) is 21.8 Å². The number of benzene rings is 3. The van der Waals surface area contributed by atoms with Gasteiger partial charge in [0.05, 0.1) is 18.6 Å². The van der Waals surface area contributed by atoms with Crippen LogP contribution in [-0.2, 0) is 32.6 Å². The number of ether oxygens (including phenoxy) is 1. The van der Waals surface area contributed by atoms with Crippen LogP contribution in [0.5, 0.6) is 5.75 Å². The van der Waals surface area contributed by atoms with Crippen molar-refractivity contribution in [2.45, 2.75) is 72.0 Å². The summed E-state index contributed by atoms with van der Waals surface area (Å²) in [4.78, 5) is 29.4. The molecule has 43 heavy (non-hydrogen) atoms. The van der Waals surface area contributed by atoms with Gasteiger partial charge in [-0.15, -0.1) is 0 Å². The van der Waals surface area contributed by atoms with E-state index in [0.29, 0.717) is 24.5 Å². The maximum Gasteiger partial charge on any atom is 0.243 e. The van der Waals surface area contributed by atoms with Crippen molar-refractivity contribution in [1.29, 1.82) is 0 Å². The molecular formula is C34H45N3O5S. The molecule has 3 aromatic rings. The van der Waals surface area contributed by atoms with Gasteiger partial charge in [-0.2, -0.15) is 0 Å². The van der Waals surface area contributed by atoms with E-state index in [1.165, 1.54) is 4.31 Å². The van der Waals surface area contributed by atoms with E-state index < -0.39 is 21.6 Å². The van der Waals surface area contributed by atoms with E-state index >= 15 is 0 Å². The van der Waals surface area contributed by atoms with Crippen LogP contribution in [-0.4, -0.2) is 56.1 Å². The highest BCUT2D eigenvalue weighted by molar-refractivity contribution is 7.92. The van der Waals surface area contributed by atoms with Crippen LogP contribution in [0.2, 0.25) is 0 Å². The number of amides is 2. The Bertz CT molecular complexity index is 1450. The SMILES string of the molecule is CCOc1ccc(N(CCCC(=O)N(Cc2cccc(C)c2)C(Cc2ccccc2)C(=O)NC(C)(C)C)S(C)(=O)=O)cc1. The number of carbonyl (C=O) groups is 2. The number of sulfonamides is 1. The number of carbonyl (C=O) groups excluding carboxylic acids is 2. The van der Waals surface area contributed by atoms with E-state index in [1.807, 2.05) is 89.2 Å². The quantitative estimate of drug-likeness (QED) is 0.261. The van der Waals surface area contributed by atoms with Crippen LogP contribution >= 0.6 is 0 Å². The first-order chi connectivity index (χ1) is 20.3. The molecule has 0 heterocycles. The van der Waals surface area contributed by atoms with Crippen molar-refractivity contribution < 1.29 is 22.7 Å². The molecule has 1 atom stereocenters. The number of aryl methyl sites for hydroxylation is 1. The van der Waals surface area contributed by atoms with Crippen LogP contribution in [0, 0.1) is 6.92 Å². The van der Waals surface area contributed by atoms with E-state index in [4.69, 9.17) is 4.74 Å². The first-order valence-corrected chi connectivity index (χ1v) is 16.5. The lowest BCUT2D eigenvalue weighted by atomic mass is 10.00. The lowest BCUT2D eigenvalue weighted by Gasteiger charge is -2.34. The summed E-state index contributed by atoms with van der Waals surface area (Å²) < 4.78 is 32.2. The molecule has 1 N–H and O–H groups in total. The minimum atomic E-state index is -3.60. The number of anilines is 1. The smallest absolute Gasteiger partial charge is 0.243 e. The maximum absolute atomic E-state index is 14.0. The Morgan fingerprint density at radius 3 is 2.16 bits per heavy atom. The highest BCUT2D eigenvalue weighted by Gasteiger charge is 2.32. The van der Waals surface area contributed by atoms with Gasteiger partial charge in [-0.1, -0.05) is 60.2 Å². The summed E-state index contributed by atoms with van der Waals surface area (Å²) >= 11 is 0. The average molecular weight is 608 g/mol. The van der Waals surface area contributed by atoms with Crippen molar-refractivity contribution in [3.05, 3.63) is 95.6 Å². The van der Waals surface area contributed by atoms with Crippen molar-refractivity contribution in [2.75, 3.05) is 23.7 Å². The summed E-state index contributed by atoms with van der Waals surface area (Å²) in [5.41, 5.74) is 2.93. The molecular weight excluding hydrogens is 562 g/mol. The van der Waals surface area contributed by atoms with Crippen LogP contribution < -0.4 is 14.4 Å². The molecule has 8 nitrogen and oxygen atoms in total. The molecule has 0 saturated carbocycles. The molecule has 9 heteroatoms. The minimum absolute atomic E-state index is 0.0724. The highest BCUT2D eigenvalue weighted by atomic mass is 32.2. The summed E-state index contributed by atoms with van der Waals surface area (Å²) in [6.45, 7) is 10.5. The first kappa shape index (κ1) is 33.6. The lowest BCUT2D eigenvalue weighted by molar-refractivity contribution is -0.142. The molecule has 0 bridgehead atoms. The van der Waals surface area contributed by atoms with Crippen LogP contribution in [0.3, 0.4) is 0 Å². The molecule has 0 radical (unpaired) electrons. The average Bonchev–Trinajstić information content (AvgIpc) is 2.92. The number of hydrogen-bond acceptors (Lipinski definition) is 5. The minimum Gasteiger partial charge on any atom is -0.494 e. The molecule has 0 aliphatic carbocycles. The third-order valence-electron chi connectivity index (χ3n) is 6.79. The van der Waals surface area contributed by atoms with E-state index in [1.54, 1.807) is 29.2 Å². The standard InChI is InChI=1S/C34H45N3O5S/c1-7-42-30-20-18-29(19-21-30)37(43(6,40)41)22-12-17-32(38)36(25-28-16-11-13-26(2)23-28)31(33(39)35-34(3,4)5)24-27-14-9-8-10-15-27/h8-11,13-16,18-21,23,31H,7,12,17,22,24-25H2,1-6H3,(H,35,39). The van der Waals surface area contributed by atoms with Crippen LogP contribution in [0.1, 0.15) is 57.2 Å². The largest absolute Gasteiger partial charge is 0.494 e. The van der Waals surface area contributed by atoms with Crippen molar-refractivity contribution >= 4 is 27.5 Å². The van der Waals surface area contributed by atoms with Crippen LogP contribution in [0.25, 0.3) is 0 Å². The predicted molar refractivity (Wildman–Crippen MR) is 173 cm³/mol. The van der Waals surface area contributed by atoms with E-state index in [-0.39, 0.29) is 37.7 Å². The molecule has 232 valence electrons. The van der Waals surface area contributed by atoms with Crippen LogP contribution in [0.4, 0.5) is 5.69 Å². The Hall–Kier alpha value is -3.85. The maximum atomic E-state index is 14.0. The fourth-order valence-electron chi connectivity index (χ4n) is 4.89. The van der Waals surface area contributed by atoms with Gasteiger partial charge in [0.1, 0.15) is 11.8 Å². The van der Waals surface area contributed by atoms with Crippen LogP contribution in [0.15, 0.2) is 78.9 Å². The Morgan fingerprint density at radius 1 is 0.930 bits per heavy atom. The van der Waals surface area contributed by atoms with E-state index in [0.717, 1.165) is 22.9 Å². The van der Waals surface area contributed by atoms with Crippen molar-refractivity contribution in [3.63, 3.8) is 0 Å². The number of nitrogens with zero attached hydrogens (tertiary/aromatic N) is 2. The molecule has 3 aromatic carbocycles. The highest BCUT2D eigenvalue weighted by Crippen LogP contribution is 2.23. The summed E-state index contributed by atoms with van der Waals surface area (Å²) in [7, 11) is -3.60. The number of rotatable bonds is 14. The molecule has 0 aliphatic heterocycles. The fraction of sp³-hybridized carbons (Fsp3) is 0.412. The van der Waals surface area contributed by atoms with E-state index in [2.05, 4.69) is 5.32 Å². The Labute approximate surface area is 257 Å². The van der Waals surface area contributed by atoms with Gasteiger partial charge in [-0.25, -0.2) is 8.42 Å².